The zero-order valence-electron chi connectivity index (χ0n) is 17.4. The van der Waals surface area contributed by atoms with E-state index < -0.39 is 0 Å². The normalized spacial score (nSPS) is 18.1. The van der Waals surface area contributed by atoms with Crippen LogP contribution in [0, 0.1) is 5.92 Å². The number of para-hydroxylation sites is 2. The first-order chi connectivity index (χ1) is 14.2. The van der Waals surface area contributed by atoms with Crippen LogP contribution >= 0.6 is 0 Å². The molecule has 1 amide bonds. The number of methoxy groups -OCH3 is 1. The molecule has 29 heavy (non-hydrogen) atoms. The van der Waals surface area contributed by atoms with E-state index in [0.29, 0.717) is 13.1 Å². The lowest BCUT2D eigenvalue weighted by atomic mass is 9.99. The van der Waals surface area contributed by atoms with Gasteiger partial charge in [-0.3, -0.25) is 4.79 Å². The Morgan fingerprint density at radius 2 is 1.72 bits per heavy atom. The number of rotatable bonds is 4. The van der Waals surface area contributed by atoms with Crippen molar-refractivity contribution >= 4 is 17.4 Å². The van der Waals surface area contributed by atoms with Crippen molar-refractivity contribution in [3.05, 3.63) is 48.2 Å². The molecule has 0 unspecified atom stereocenters. The van der Waals surface area contributed by atoms with E-state index in [9.17, 15) is 4.79 Å². The number of hydrogen-bond donors (Lipinski definition) is 0. The van der Waals surface area contributed by atoms with Crippen molar-refractivity contribution < 1.29 is 9.53 Å². The Kier molecular flexibility index (Phi) is 5.88. The van der Waals surface area contributed by atoms with Gasteiger partial charge >= 0.3 is 0 Å². The topological polar surface area (TPSA) is 48.9 Å². The molecule has 0 spiro atoms. The Morgan fingerprint density at radius 1 is 1.00 bits per heavy atom. The summed E-state index contributed by atoms with van der Waals surface area (Å²) in [5, 5.41) is 0. The van der Waals surface area contributed by atoms with E-state index in [1.807, 2.05) is 35.2 Å². The van der Waals surface area contributed by atoms with E-state index in [-0.39, 0.29) is 5.91 Å². The zero-order chi connectivity index (χ0) is 20.2. The quantitative estimate of drug-likeness (QED) is 0.796. The minimum atomic E-state index is 0.0960. The molecule has 3 heterocycles. The van der Waals surface area contributed by atoms with Gasteiger partial charge in [0, 0.05) is 51.0 Å². The van der Waals surface area contributed by atoms with Gasteiger partial charge in [0.2, 0.25) is 0 Å². The number of carbonyl (C=O) groups excluding carboxylic acids is 1. The number of ether oxygens (including phenoxy) is 1. The summed E-state index contributed by atoms with van der Waals surface area (Å²) in [5.41, 5.74) is 1.83. The third-order valence-electron chi connectivity index (χ3n) is 6.09. The van der Waals surface area contributed by atoms with Gasteiger partial charge in [-0.15, -0.1) is 0 Å². The summed E-state index contributed by atoms with van der Waals surface area (Å²) >= 11 is 0. The molecular weight excluding hydrogens is 364 g/mol. The highest BCUT2D eigenvalue weighted by molar-refractivity contribution is 5.95. The van der Waals surface area contributed by atoms with E-state index in [4.69, 9.17) is 4.74 Å². The van der Waals surface area contributed by atoms with Crippen LogP contribution < -0.4 is 14.5 Å². The summed E-state index contributed by atoms with van der Waals surface area (Å²) in [6.45, 7) is 7.34. The minimum absolute atomic E-state index is 0.0960. The maximum absolute atomic E-state index is 13.1. The van der Waals surface area contributed by atoms with Crippen LogP contribution in [0.3, 0.4) is 0 Å². The number of carbonyl (C=O) groups is 1. The van der Waals surface area contributed by atoms with Crippen LogP contribution in [0.2, 0.25) is 0 Å². The molecule has 0 radical (unpaired) electrons. The number of pyridine rings is 1. The second-order valence-corrected chi connectivity index (χ2v) is 8.02. The lowest BCUT2D eigenvalue weighted by Crippen LogP contribution is -2.49. The number of piperazine rings is 1. The second kappa shape index (κ2) is 8.72. The maximum Gasteiger partial charge on any atom is 0.254 e. The molecule has 2 fully saturated rings. The predicted molar refractivity (Wildman–Crippen MR) is 116 cm³/mol. The lowest BCUT2D eigenvalue weighted by molar-refractivity contribution is 0.0746. The molecule has 2 aliphatic heterocycles. The van der Waals surface area contributed by atoms with Crippen molar-refractivity contribution in [1.82, 2.24) is 9.88 Å². The van der Waals surface area contributed by atoms with Crippen molar-refractivity contribution in [2.75, 3.05) is 56.2 Å². The fraction of sp³-hybridized carbons (Fsp3) is 0.478. The smallest absolute Gasteiger partial charge is 0.254 e. The summed E-state index contributed by atoms with van der Waals surface area (Å²) in [4.78, 5) is 24.1. The number of benzene rings is 1. The van der Waals surface area contributed by atoms with E-state index in [1.165, 1.54) is 12.8 Å². The molecule has 0 N–H and O–H groups in total. The molecule has 2 aromatic rings. The Morgan fingerprint density at radius 3 is 2.45 bits per heavy atom. The van der Waals surface area contributed by atoms with Crippen molar-refractivity contribution in [2.24, 2.45) is 5.92 Å². The fourth-order valence-corrected chi connectivity index (χ4v) is 4.19. The van der Waals surface area contributed by atoms with Crippen LogP contribution in [-0.2, 0) is 0 Å². The molecule has 2 aliphatic rings. The average molecular weight is 395 g/mol. The van der Waals surface area contributed by atoms with Crippen LogP contribution in [0.25, 0.3) is 0 Å². The molecule has 6 heteroatoms. The monoisotopic (exact) mass is 394 g/mol. The molecule has 0 saturated carbocycles. The SMILES string of the molecule is COc1ccccc1N1CCN(C(=O)c2ccnc(N3CCC(C)CC3)c2)CC1. The lowest BCUT2D eigenvalue weighted by Gasteiger charge is -2.36. The van der Waals surface area contributed by atoms with E-state index in [1.54, 1.807) is 13.3 Å². The minimum Gasteiger partial charge on any atom is -0.495 e. The third-order valence-corrected chi connectivity index (χ3v) is 6.09. The van der Waals surface area contributed by atoms with E-state index in [0.717, 1.165) is 54.9 Å². The molecule has 0 atom stereocenters. The van der Waals surface area contributed by atoms with Crippen LogP contribution in [0.1, 0.15) is 30.1 Å². The highest BCUT2D eigenvalue weighted by Crippen LogP contribution is 2.29. The van der Waals surface area contributed by atoms with Crippen molar-refractivity contribution in [3.63, 3.8) is 0 Å². The van der Waals surface area contributed by atoms with Gasteiger partial charge < -0.3 is 19.4 Å². The van der Waals surface area contributed by atoms with Gasteiger partial charge in [-0.25, -0.2) is 4.98 Å². The highest BCUT2D eigenvalue weighted by atomic mass is 16.5. The van der Waals surface area contributed by atoms with Crippen LogP contribution in [0.4, 0.5) is 11.5 Å². The molecule has 2 saturated heterocycles. The maximum atomic E-state index is 13.1. The van der Waals surface area contributed by atoms with Gasteiger partial charge in [-0.2, -0.15) is 0 Å². The predicted octanol–water partition coefficient (Wildman–Crippen LogP) is 3.29. The van der Waals surface area contributed by atoms with Gasteiger partial charge in [-0.05, 0) is 43.0 Å². The van der Waals surface area contributed by atoms with Crippen LogP contribution in [0.5, 0.6) is 5.75 Å². The first kappa shape index (κ1) is 19.6. The number of nitrogens with zero attached hydrogens (tertiary/aromatic N) is 4. The van der Waals surface area contributed by atoms with Crippen LogP contribution in [-0.4, -0.2) is 62.2 Å². The summed E-state index contributed by atoms with van der Waals surface area (Å²) in [7, 11) is 1.70. The number of anilines is 2. The molecule has 1 aromatic heterocycles. The second-order valence-electron chi connectivity index (χ2n) is 8.02. The molecular formula is C23H30N4O2. The first-order valence-corrected chi connectivity index (χ1v) is 10.5. The largest absolute Gasteiger partial charge is 0.495 e. The summed E-state index contributed by atoms with van der Waals surface area (Å²) < 4.78 is 5.49. The first-order valence-electron chi connectivity index (χ1n) is 10.5. The van der Waals surface area contributed by atoms with Gasteiger partial charge in [-0.1, -0.05) is 19.1 Å². The summed E-state index contributed by atoms with van der Waals surface area (Å²) in [5.74, 6) is 2.67. The number of piperidine rings is 1. The standard InChI is InChI=1S/C23H30N4O2/c1-18-8-11-26(12-9-18)22-17-19(7-10-24-22)23(28)27-15-13-25(14-16-27)20-5-3-4-6-21(20)29-2/h3-7,10,17-18H,8-9,11-16H2,1-2H3. The van der Waals surface area contributed by atoms with E-state index in [2.05, 4.69) is 27.8 Å². The van der Waals surface area contributed by atoms with Gasteiger partial charge in [0.25, 0.3) is 5.91 Å². The molecule has 0 bridgehead atoms. The van der Waals surface area contributed by atoms with Crippen molar-refractivity contribution in [1.29, 1.82) is 0 Å². The molecule has 1 aromatic carbocycles. The van der Waals surface area contributed by atoms with Gasteiger partial charge in [0.05, 0.1) is 12.8 Å². The summed E-state index contributed by atoms with van der Waals surface area (Å²) in [6.07, 6.45) is 4.14. The number of aromatic nitrogens is 1. The molecule has 154 valence electrons. The van der Waals surface area contributed by atoms with Crippen LogP contribution in [0.15, 0.2) is 42.6 Å². The summed E-state index contributed by atoms with van der Waals surface area (Å²) in [6, 6.07) is 11.9. The number of amides is 1. The number of hydrogen-bond acceptors (Lipinski definition) is 5. The zero-order valence-corrected chi connectivity index (χ0v) is 17.4. The average Bonchev–Trinajstić information content (AvgIpc) is 2.79. The Balaban J connectivity index is 1.40. The third kappa shape index (κ3) is 4.31. The Labute approximate surface area is 173 Å². The van der Waals surface area contributed by atoms with Crippen molar-refractivity contribution in [3.8, 4) is 5.75 Å². The van der Waals surface area contributed by atoms with Crippen molar-refractivity contribution in [2.45, 2.75) is 19.8 Å². The Hall–Kier alpha value is -2.76. The van der Waals surface area contributed by atoms with Gasteiger partial charge in [0.15, 0.2) is 0 Å². The highest BCUT2D eigenvalue weighted by Gasteiger charge is 2.25. The van der Waals surface area contributed by atoms with Gasteiger partial charge in [0.1, 0.15) is 11.6 Å². The van der Waals surface area contributed by atoms with E-state index >= 15 is 0 Å². The fourth-order valence-electron chi connectivity index (χ4n) is 4.19. The molecule has 4 rings (SSSR count). The Bertz CT molecular complexity index is 840. The molecule has 6 nitrogen and oxygen atoms in total. The molecule has 0 aliphatic carbocycles.